The Hall–Kier alpha value is -3.24. The highest BCUT2D eigenvalue weighted by Gasteiger charge is 2.18. The van der Waals surface area contributed by atoms with Crippen molar-refractivity contribution in [2.75, 3.05) is 36.5 Å². The molecule has 0 spiro atoms. The molecule has 7 heteroatoms. The van der Waals surface area contributed by atoms with Gasteiger partial charge in [-0.15, -0.1) is 5.10 Å². The Labute approximate surface area is 168 Å². The Bertz CT molecular complexity index is 1100. The highest BCUT2D eigenvalue weighted by molar-refractivity contribution is 5.95. The van der Waals surface area contributed by atoms with E-state index in [-0.39, 0.29) is 5.82 Å². The number of morpholine rings is 1. The van der Waals surface area contributed by atoms with Crippen LogP contribution in [0.2, 0.25) is 0 Å². The molecule has 1 aromatic heterocycles. The van der Waals surface area contributed by atoms with E-state index >= 15 is 0 Å². The number of nitriles is 1. The lowest BCUT2D eigenvalue weighted by molar-refractivity contribution is 0.122. The second-order valence-corrected chi connectivity index (χ2v) is 7.14. The summed E-state index contributed by atoms with van der Waals surface area (Å²) in [6, 6.07) is 11.2. The normalized spacial score (nSPS) is 14.1. The van der Waals surface area contributed by atoms with Gasteiger partial charge in [0, 0.05) is 30.4 Å². The average molecular weight is 391 g/mol. The van der Waals surface area contributed by atoms with Crippen LogP contribution in [0.4, 0.5) is 15.9 Å². The number of hydrogen-bond acceptors (Lipinski definition) is 6. The summed E-state index contributed by atoms with van der Waals surface area (Å²) < 4.78 is 20.2. The molecule has 148 valence electrons. The van der Waals surface area contributed by atoms with Crippen LogP contribution in [0.25, 0.3) is 10.8 Å². The fraction of sp³-hybridized carbons (Fsp3) is 0.318. The Kier molecular flexibility index (Phi) is 5.28. The van der Waals surface area contributed by atoms with Gasteiger partial charge < -0.3 is 15.0 Å². The minimum Gasteiger partial charge on any atom is -0.378 e. The van der Waals surface area contributed by atoms with E-state index in [2.05, 4.69) is 21.6 Å². The van der Waals surface area contributed by atoms with E-state index in [0.29, 0.717) is 55.6 Å². The molecule has 0 aliphatic carbocycles. The predicted octanol–water partition coefficient (Wildman–Crippen LogP) is 3.71. The standard InChI is InChI=1S/C22H22FN5O/c1-14-16(12-24)4-3-5-17(14)13-25-22-19-11-21(28-6-8-29-9-7-28)20(23)10-18(19)15(2)26-27-22/h3-5,10-11H,6-9,13H2,1-2H3,(H,25,27). The van der Waals surface area contributed by atoms with Crippen molar-refractivity contribution in [2.45, 2.75) is 20.4 Å². The summed E-state index contributed by atoms with van der Waals surface area (Å²) in [5, 5.41) is 22.6. The number of benzene rings is 2. The number of aromatic nitrogens is 2. The van der Waals surface area contributed by atoms with Crippen molar-refractivity contribution in [3.05, 3.63) is 58.5 Å². The monoisotopic (exact) mass is 391 g/mol. The SMILES string of the molecule is Cc1c(C#N)cccc1CNc1nnc(C)c2cc(F)c(N3CCOCC3)cc12. The van der Waals surface area contributed by atoms with Crippen LogP contribution < -0.4 is 10.2 Å². The highest BCUT2D eigenvalue weighted by atomic mass is 19.1. The van der Waals surface area contributed by atoms with E-state index in [1.54, 1.807) is 6.07 Å². The molecule has 2 heterocycles. The first-order valence-electron chi connectivity index (χ1n) is 9.60. The first-order valence-corrected chi connectivity index (χ1v) is 9.60. The fourth-order valence-corrected chi connectivity index (χ4v) is 3.64. The Morgan fingerprint density at radius 3 is 2.72 bits per heavy atom. The Balaban J connectivity index is 1.71. The molecule has 1 fully saturated rings. The molecule has 0 saturated carbocycles. The molecule has 6 nitrogen and oxygen atoms in total. The van der Waals surface area contributed by atoms with Crippen LogP contribution in [0.1, 0.15) is 22.4 Å². The first-order chi connectivity index (χ1) is 14.1. The third-order valence-corrected chi connectivity index (χ3v) is 5.40. The second kappa shape index (κ2) is 8.02. The van der Waals surface area contributed by atoms with Gasteiger partial charge in [-0.3, -0.25) is 0 Å². The van der Waals surface area contributed by atoms with E-state index < -0.39 is 0 Å². The van der Waals surface area contributed by atoms with Crippen molar-refractivity contribution in [3.8, 4) is 6.07 Å². The summed E-state index contributed by atoms with van der Waals surface area (Å²) in [7, 11) is 0. The van der Waals surface area contributed by atoms with E-state index in [4.69, 9.17) is 4.74 Å². The van der Waals surface area contributed by atoms with Gasteiger partial charge in [-0.1, -0.05) is 12.1 Å². The van der Waals surface area contributed by atoms with Crippen LogP contribution in [-0.2, 0) is 11.3 Å². The lowest BCUT2D eigenvalue weighted by atomic mass is 10.0. The minimum absolute atomic E-state index is 0.265. The van der Waals surface area contributed by atoms with Crippen LogP contribution in [0, 0.1) is 31.0 Å². The molecule has 0 atom stereocenters. The van der Waals surface area contributed by atoms with Gasteiger partial charge in [-0.05, 0) is 43.2 Å². The molecule has 1 N–H and O–H groups in total. The molecule has 0 radical (unpaired) electrons. The van der Waals surface area contributed by atoms with Crippen molar-refractivity contribution in [1.29, 1.82) is 5.26 Å². The zero-order chi connectivity index (χ0) is 20.4. The molecule has 1 aliphatic heterocycles. The second-order valence-electron chi connectivity index (χ2n) is 7.14. The molecule has 0 unspecified atom stereocenters. The van der Waals surface area contributed by atoms with Crippen molar-refractivity contribution in [1.82, 2.24) is 10.2 Å². The number of nitrogens with zero attached hydrogens (tertiary/aromatic N) is 4. The van der Waals surface area contributed by atoms with Crippen LogP contribution in [-0.4, -0.2) is 36.5 Å². The quantitative estimate of drug-likeness (QED) is 0.731. The molecule has 0 bridgehead atoms. The van der Waals surface area contributed by atoms with Gasteiger partial charge in [-0.25, -0.2) is 4.39 Å². The summed E-state index contributed by atoms with van der Waals surface area (Å²) in [5.41, 5.74) is 3.84. The summed E-state index contributed by atoms with van der Waals surface area (Å²) in [4.78, 5) is 2.00. The van der Waals surface area contributed by atoms with E-state index in [9.17, 15) is 9.65 Å². The lowest BCUT2D eigenvalue weighted by Gasteiger charge is -2.29. The van der Waals surface area contributed by atoms with Gasteiger partial charge in [-0.2, -0.15) is 10.4 Å². The molecule has 1 saturated heterocycles. The number of nitrogens with one attached hydrogen (secondary N) is 1. The predicted molar refractivity (Wildman–Crippen MR) is 110 cm³/mol. The number of fused-ring (bicyclic) bond motifs is 1. The molecule has 29 heavy (non-hydrogen) atoms. The largest absolute Gasteiger partial charge is 0.378 e. The maximum absolute atomic E-state index is 14.8. The summed E-state index contributed by atoms with van der Waals surface area (Å²) in [6.07, 6.45) is 0. The van der Waals surface area contributed by atoms with Gasteiger partial charge in [0.1, 0.15) is 5.82 Å². The van der Waals surface area contributed by atoms with Crippen LogP contribution >= 0.6 is 0 Å². The zero-order valence-electron chi connectivity index (χ0n) is 16.5. The fourth-order valence-electron chi connectivity index (χ4n) is 3.64. The third kappa shape index (κ3) is 3.71. The number of anilines is 2. The zero-order valence-corrected chi connectivity index (χ0v) is 16.5. The molecule has 2 aromatic carbocycles. The van der Waals surface area contributed by atoms with E-state index in [1.807, 2.05) is 36.9 Å². The van der Waals surface area contributed by atoms with Gasteiger partial charge in [0.2, 0.25) is 0 Å². The summed E-state index contributed by atoms with van der Waals surface area (Å²) in [6.45, 7) is 6.74. The first kappa shape index (κ1) is 19.1. The van der Waals surface area contributed by atoms with Crippen molar-refractivity contribution in [2.24, 2.45) is 0 Å². The minimum atomic E-state index is -0.265. The van der Waals surface area contributed by atoms with Crippen LogP contribution in [0.3, 0.4) is 0 Å². The Morgan fingerprint density at radius 2 is 1.97 bits per heavy atom. The van der Waals surface area contributed by atoms with E-state index in [1.165, 1.54) is 6.07 Å². The van der Waals surface area contributed by atoms with Crippen LogP contribution in [0.5, 0.6) is 0 Å². The maximum Gasteiger partial charge on any atom is 0.156 e. The van der Waals surface area contributed by atoms with Gasteiger partial charge in [0.15, 0.2) is 5.82 Å². The maximum atomic E-state index is 14.8. The number of aryl methyl sites for hydroxylation is 1. The number of ether oxygens (including phenoxy) is 1. The summed E-state index contributed by atoms with van der Waals surface area (Å²) >= 11 is 0. The molecule has 1 aliphatic rings. The molecule has 0 amide bonds. The molecule has 4 rings (SSSR count). The topological polar surface area (TPSA) is 74.1 Å². The van der Waals surface area contributed by atoms with Crippen molar-refractivity contribution < 1.29 is 9.13 Å². The number of rotatable bonds is 4. The highest BCUT2D eigenvalue weighted by Crippen LogP contribution is 2.31. The van der Waals surface area contributed by atoms with Gasteiger partial charge in [0.25, 0.3) is 0 Å². The van der Waals surface area contributed by atoms with E-state index in [0.717, 1.165) is 21.9 Å². The van der Waals surface area contributed by atoms with Crippen molar-refractivity contribution >= 4 is 22.3 Å². The van der Waals surface area contributed by atoms with Crippen LogP contribution in [0.15, 0.2) is 30.3 Å². The Morgan fingerprint density at radius 1 is 1.17 bits per heavy atom. The molecular formula is C22H22FN5O. The number of halogens is 1. The lowest BCUT2D eigenvalue weighted by Crippen LogP contribution is -2.36. The smallest absolute Gasteiger partial charge is 0.156 e. The average Bonchev–Trinajstić information content (AvgIpc) is 2.75. The van der Waals surface area contributed by atoms with Gasteiger partial charge in [0.05, 0.1) is 36.2 Å². The van der Waals surface area contributed by atoms with Crippen molar-refractivity contribution in [3.63, 3.8) is 0 Å². The number of hydrogen-bond donors (Lipinski definition) is 1. The summed E-state index contributed by atoms with van der Waals surface area (Å²) in [5.74, 6) is 0.334. The molecular weight excluding hydrogens is 369 g/mol. The molecule has 3 aromatic rings. The van der Waals surface area contributed by atoms with Gasteiger partial charge >= 0.3 is 0 Å². The third-order valence-electron chi connectivity index (χ3n) is 5.40.